The first kappa shape index (κ1) is 42.2. The Labute approximate surface area is 309 Å². The minimum Gasteiger partial charge on any atom is -0.434 e. The van der Waals surface area contributed by atoms with Gasteiger partial charge in [0.05, 0.1) is 51.8 Å². The number of nitrogens with one attached hydrogen (secondary N) is 1. The number of rotatable bonds is 24. The van der Waals surface area contributed by atoms with E-state index in [-0.39, 0.29) is 31.3 Å². The maximum Gasteiger partial charge on any atom is 0.508 e. The van der Waals surface area contributed by atoms with Crippen molar-refractivity contribution in [3.8, 4) is 0 Å². The summed E-state index contributed by atoms with van der Waals surface area (Å²) in [6.07, 6.45) is 5.75. The second-order valence-electron chi connectivity index (χ2n) is 14.3. The third-order valence-corrected chi connectivity index (χ3v) is 10.2. The van der Waals surface area contributed by atoms with Gasteiger partial charge in [-0.1, -0.05) is 37.6 Å². The van der Waals surface area contributed by atoms with Crippen molar-refractivity contribution in [1.82, 2.24) is 10.2 Å². The molecule has 0 spiro atoms. The highest BCUT2D eigenvalue weighted by atomic mass is 16.9. The van der Waals surface area contributed by atoms with Crippen LogP contribution in [-0.2, 0) is 44.6 Å². The quantitative estimate of drug-likeness (QED) is 0.0646. The number of unbranched alkanes of at least 4 members (excludes halogenated alkanes) is 3. The second kappa shape index (κ2) is 23.9. The van der Waals surface area contributed by atoms with E-state index in [2.05, 4.69) is 46.2 Å². The molecule has 0 bridgehead atoms. The van der Waals surface area contributed by atoms with Crippen LogP contribution in [0.3, 0.4) is 0 Å². The summed E-state index contributed by atoms with van der Waals surface area (Å²) in [4.78, 5) is 30.1. The Balaban J connectivity index is 1.34. The number of fused-ring (bicyclic) bond motifs is 1. The fourth-order valence-corrected chi connectivity index (χ4v) is 7.53. The fourth-order valence-electron chi connectivity index (χ4n) is 7.53. The standard InChI is InChI=1S/C38H63N3O11/c1-4-46-25-29(2)26-47-27-30-10-13-32(14-11-30)37-35(23-39-24-36(37)52-38(42)49-19-7-5-6-8-20-51-41(43)44)50-28-31-12-15-34-33(22-31)40(17-21-48-34)16-9-18-45-3/h10-11,13-14,29,31,33-37,39H,4-9,12,15-28H2,1-3H3. The number of benzene rings is 1. The van der Waals surface area contributed by atoms with Crippen molar-refractivity contribution in [3.05, 3.63) is 45.5 Å². The molecule has 14 nitrogen and oxygen atoms in total. The van der Waals surface area contributed by atoms with Crippen LogP contribution in [0.2, 0.25) is 0 Å². The smallest absolute Gasteiger partial charge is 0.434 e. The Morgan fingerprint density at radius 3 is 2.56 bits per heavy atom. The number of carbonyl (C=O) groups is 1. The molecule has 0 aromatic heterocycles. The van der Waals surface area contributed by atoms with Crippen LogP contribution in [-0.4, -0.2) is 127 Å². The molecule has 1 N–H and O–H groups in total. The Bertz CT molecular complexity index is 1150. The van der Waals surface area contributed by atoms with Gasteiger partial charge in [0.25, 0.3) is 5.09 Å². The lowest BCUT2D eigenvalue weighted by Gasteiger charge is -2.46. The van der Waals surface area contributed by atoms with Gasteiger partial charge in [-0.25, -0.2) is 4.79 Å². The van der Waals surface area contributed by atoms with Gasteiger partial charge in [0, 0.05) is 71.0 Å². The van der Waals surface area contributed by atoms with Gasteiger partial charge < -0.3 is 43.3 Å². The van der Waals surface area contributed by atoms with Crippen LogP contribution < -0.4 is 5.32 Å². The van der Waals surface area contributed by atoms with Gasteiger partial charge in [-0.2, -0.15) is 0 Å². The largest absolute Gasteiger partial charge is 0.508 e. The van der Waals surface area contributed by atoms with E-state index in [9.17, 15) is 14.9 Å². The van der Waals surface area contributed by atoms with Gasteiger partial charge in [0.1, 0.15) is 6.10 Å². The minimum atomic E-state index is -0.784. The van der Waals surface area contributed by atoms with E-state index in [0.29, 0.717) is 76.8 Å². The summed E-state index contributed by atoms with van der Waals surface area (Å²) >= 11 is 0. The van der Waals surface area contributed by atoms with E-state index < -0.39 is 17.3 Å². The first-order valence-corrected chi connectivity index (χ1v) is 19.4. The van der Waals surface area contributed by atoms with Crippen molar-refractivity contribution in [2.45, 2.75) is 102 Å². The molecule has 2 heterocycles. The average molecular weight is 738 g/mol. The van der Waals surface area contributed by atoms with E-state index in [4.69, 9.17) is 33.2 Å². The number of morpholine rings is 1. The second-order valence-corrected chi connectivity index (χ2v) is 14.3. The first-order valence-electron chi connectivity index (χ1n) is 19.4. The predicted octanol–water partition coefficient (Wildman–Crippen LogP) is 5.14. The Morgan fingerprint density at radius 2 is 1.79 bits per heavy atom. The topological polar surface area (TPSA) is 149 Å². The molecular formula is C38H63N3O11. The van der Waals surface area contributed by atoms with Crippen LogP contribution in [0.25, 0.3) is 0 Å². The normalized spacial score (nSPS) is 25.6. The molecular weight excluding hydrogens is 674 g/mol. The van der Waals surface area contributed by atoms with Gasteiger partial charge >= 0.3 is 6.16 Å². The van der Waals surface area contributed by atoms with Crippen LogP contribution in [0, 0.1) is 22.0 Å². The summed E-state index contributed by atoms with van der Waals surface area (Å²) in [6, 6.07) is 8.75. The van der Waals surface area contributed by atoms with Gasteiger partial charge in [-0.3, -0.25) is 4.90 Å². The molecule has 0 radical (unpaired) electrons. The van der Waals surface area contributed by atoms with Crippen LogP contribution in [0.4, 0.5) is 4.79 Å². The van der Waals surface area contributed by atoms with Gasteiger partial charge in [0.2, 0.25) is 0 Å². The molecule has 2 saturated heterocycles. The van der Waals surface area contributed by atoms with E-state index in [1.165, 1.54) is 0 Å². The molecule has 0 amide bonds. The van der Waals surface area contributed by atoms with Crippen LogP contribution >= 0.6 is 0 Å². The summed E-state index contributed by atoms with van der Waals surface area (Å²) in [5, 5.41) is 12.9. The monoisotopic (exact) mass is 737 g/mol. The van der Waals surface area contributed by atoms with Crippen LogP contribution in [0.15, 0.2) is 24.3 Å². The number of piperidine rings is 1. The van der Waals surface area contributed by atoms with Crippen molar-refractivity contribution in [3.63, 3.8) is 0 Å². The SMILES string of the molecule is CCOCC(C)COCc1ccc(C2C(OCC3CCC4OCCN(CCCOC)C4C3)CNCC2OC(=O)OCCCCCCO[N+](=O)[O-])cc1. The highest BCUT2D eigenvalue weighted by Gasteiger charge is 2.41. The number of hydrogen-bond donors (Lipinski definition) is 1. The number of nitrogens with zero attached hydrogens (tertiary/aromatic N) is 2. The van der Waals surface area contributed by atoms with E-state index >= 15 is 0 Å². The summed E-state index contributed by atoms with van der Waals surface area (Å²) < 4.78 is 41.2. The third kappa shape index (κ3) is 14.7. The minimum absolute atomic E-state index is 0.0699. The zero-order chi connectivity index (χ0) is 37.0. The molecule has 3 fully saturated rings. The molecule has 1 aliphatic carbocycles. The van der Waals surface area contributed by atoms with E-state index in [1.54, 1.807) is 7.11 Å². The van der Waals surface area contributed by atoms with Crippen molar-refractivity contribution < 1.29 is 47.9 Å². The lowest BCUT2D eigenvalue weighted by molar-refractivity contribution is -0.757. The molecule has 4 rings (SSSR count). The van der Waals surface area contributed by atoms with Crippen molar-refractivity contribution in [2.75, 3.05) is 86.1 Å². The molecule has 2 aliphatic heterocycles. The third-order valence-electron chi connectivity index (χ3n) is 10.2. The zero-order valence-corrected chi connectivity index (χ0v) is 31.6. The lowest BCUT2D eigenvalue weighted by atomic mass is 9.82. The highest BCUT2D eigenvalue weighted by Crippen LogP contribution is 2.35. The number of methoxy groups -OCH3 is 1. The molecule has 3 aliphatic rings. The summed E-state index contributed by atoms with van der Waals surface area (Å²) in [6.45, 7) is 12.2. The molecule has 7 atom stereocenters. The van der Waals surface area contributed by atoms with Crippen molar-refractivity contribution in [1.29, 1.82) is 0 Å². The summed E-state index contributed by atoms with van der Waals surface area (Å²) in [5.41, 5.74) is 2.12. The molecule has 52 heavy (non-hydrogen) atoms. The Morgan fingerprint density at radius 1 is 1.02 bits per heavy atom. The summed E-state index contributed by atoms with van der Waals surface area (Å²) in [5.74, 6) is 0.548. The average Bonchev–Trinajstić information content (AvgIpc) is 3.14. The lowest BCUT2D eigenvalue weighted by Crippen LogP contribution is -2.55. The van der Waals surface area contributed by atoms with Crippen LogP contribution in [0.1, 0.15) is 82.3 Å². The maximum absolute atomic E-state index is 12.9. The van der Waals surface area contributed by atoms with Gasteiger partial charge in [-0.05, 0) is 68.9 Å². The van der Waals surface area contributed by atoms with Gasteiger partial charge in [-0.15, -0.1) is 10.1 Å². The Hall–Kier alpha value is -2.59. The molecule has 7 unspecified atom stereocenters. The molecule has 1 aromatic rings. The maximum atomic E-state index is 12.9. The first-order chi connectivity index (χ1) is 25.4. The van der Waals surface area contributed by atoms with Gasteiger partial charge in [0.15, 0.2) is 0 Å². The molecule has 1 aromatic carbocycles. The van der Waals surface area contributed by atoms with Crippen LogP contribution in [0.5, 0.6) is 0 Å². The summed E-state index contributed by atoms with van der Waals surface area (Å²) in [7, 11) is 1.75. The van der Waals surface area contributed by atoms with Crippen molar-refractivity contribution >= 4 is 6.16 Å². The zero-order valence-electron chi connectivity index (χ0n) is 31.6. The molecule has 14 heteroatoms. The predicted molar refractivity (Wildman–Crippen MR) is 194 cm³/mol. The molecule has 1 saturated carbocycles. The Kier molecular flexibility index (Phi) is 19.4. The number of ether oxygens (including phenoxy) is 7. The van der Waals surface area contributed by atoms with E-state index in [0.717, 1.165) is 76.0 Å². The number of hydrogen-bond acceptors (Lipinski definition) is 13. The van der Waals surface area contributed by atoms with Crippen molar-refractivity contribution in [2.24, 2.45) is 11.8 Å². The molecule has 296 valence electrons. The highest BCUT2D eigenvalue weighted by molar-refractivity contribution is 5.60. The fraction of sp³-hybridized carbons (Fsp3) is 0.816. The van der Waals surface area contributed by atoms with E-state index in [1.807, 2.05) is 6.92 Å². The number of carbonyl (C=O) groups excluding carboxylic acids is 1.